The molecular weight excluding hydrogens is 272 g/mol. The average Bonchev–Trinajstić information content (AvgIpc) is 2.90. The number of anilines is 1. The van der Waals surface area contributed by atoms with Crippen LogP contribution >= 0.6 is 0 Å². The minimum atomic E-state index is -1.17. The van der Waals surface area contributed by atoms with Crippen LogP contribution in [0.5, 0.6) is 0 Å². The minimum Gasteiger partial charge on any atom is -0.476 e. The number of rotatable bonds is 6. The Morgan fingerprint density at radius 2 is 2.00 bits per heavy atom. The maximum Gasteiger partial charge on any atom is 0.358 e. The van der Waals surface area contributed by atoms with Crippen molar-refractivity contribution in [2.75, 3.05) is 5.32 Å². The van der Waals surface area contributed by atoms with Crippen LogP contribution < -0.4 is 5.32 Å². The van der Waals surface area contributed by atoms with Crippen LogP contribution in [0.25, 0.3) is 0 Å². The lowest BCUT2D eigenvalue weighted by atomic mass is 10.1. The molecule has 0 spiro atoms. The Hall–Kier alpha value is -2.70. The number of carbonyl (C=O) groups is 2. The molecule has 2 rings (SSSR count). The van der Waals surface area contributed by atoms with E-state index in [1.807, 2.05) is 24.3 Å². The summed E-state index contributed by atoms with van der Waals surface area (Å²) >= 11 is 0. The Bertz CT molecular complexity index is 634. The fourth-order valence-corrected chi connectivity index (χ4v) is 1.86. The van der Waals surface area contributed by atoms with Crippen molar-refractivity contribution in [1.29, 1.82) is 0 Å². The van der Waals surface area contributed by atoms with E-state index in [9.17, 15) is 9.59 Å². The van der Waals surface area contributed by atoms with Crippen molar-refractivity contribution in [3.63, 3.8) is 0 Å². The molecule has 7 nitrogen and oxygen atoms in total. The lowest BCUT2D eigenvalue weighted by molar-refractivity contribution is -0.116. The maximum atomic E-state index is 11.8. The van der Waals surface area contributed by atoms with E-state index in [-0.39, 0.29) is 18.1 Å². The monoisotopic (exact) mass is 288 g/mol. The molecule has 1 heterocycles. The van der Waals surface area contributed by atoms with Crippen molar-refractivity contribution in [3.8, 4) is 0 Å². The van der Waals surface area contributed by atoms with Crippen molar-refractivity contribution in [1.82, 2.24) is 15.0 Å². The summed E-state index contributed by atoms with van der Waals surface area (Å²) in [5, 5.41) is 18.5. The highest BCUT2D eigenvalue weighted by atomic mass is 16.4. The van der Waals surface area contributed by atoms with Crippen LogP contribution in [0, 0.1) is 0 Å². The van der Waals surface area contributed by atoms with Gasteiger partial charge in [0.25, 0.3) is 0 Å². The molecule has 1 aromatic carbocycles. The summed E-state index contributed by atoms with van der Waals surface area (Å²) in [6.45, 7) is 2.02. The third-order valence-electron chi connectivity index (χ3n) is 2.84. The van der Waals surface area contributed by atoms with Crippen LogP contribution in [0.3, 0.4) is 0 Å². The van der Waals surface area contributed by atoms with E-state index < -0.39 is 5.97 Å². The molecule has 2 aromatic rings. The van der Waals surface area contributed by atoms with Gasteiger partial charge in [0, 0.05) is 5.69 Å². The fraction of sp³-hybridized carbons (Fsp3) is 0.286. The van der Waals surface area contributed by atoms with Gasteiger partial charge in [-0.1, -0.05) is 30.7 Å². The molecule has 0 atom stereocenters. The number of hydrogen-bond acceptors (Lipinski definition) is 4. The zero-order valence-electron chi connectivity index (χ0n) is 11.6. The predicted molar refractivity (Wildman–Crippen MR) is 76.0 cm³/mol. The van der Waals surface area contributed by atoms with Gasteiger partial charge < -0.3 is 10.4 Å². The fourth-order valence-electron chi connectivity index (χ4n) is 1.86. The van der Waals surface area contributed by atoms with E-state index in [0.29, 0.717) is 5.69 Å². The quantitative estimate of drug-likeness (QED) is 0.840. The molecular formula is C14H16N4O3. The molecule has 0 aliphatic rings. The van der Waals surface area contributed by atoms with Gasteiger partial charge in [-0.2, -0.15) is 0 Å². The number of hydrogen-bond donors (Lipinski definition) is 2. The molecule has 0 unspecified atom stereocenters. The molecule has 0 fully saturated rings. The van der Waals surface area contributed by atoms with Crippen LogP contribution in [0.1, 0.15) is 29.4 Å². The zero-order chi connectivity index (χ0) is 15.2. The second-order valence-corrected chi connectivity index (χ2v) is 4.60. The molecule has 7 heteroatoms. The highest BCUT2D eigenvalue weighted by molar-refractivity contribution is 5.90. The first-order valence-corrected chi connectivity index (χ1v) is 6.60. The molecule has 0 saturated carbocycles. The Morgan fingerprint density at radius 1 is 1.29 bits per heavy atom. The highest BCUT2D eigenvalue weighted by Crippen LogP contribution is 2.11. The van der Waals surface area contributed by atoms with Gasteiger partial charge >= 0.3 is 5.97 Å². The van der Waals surface area contributed by atoms with Crippen LogP contribution in [0.15, 0.2) is 30.5 Å². The summed E-state index contributed by atoms with van der Waals surface area (Å²) in [6, 6.07) is 7.62. The molecule has 110 valence electrons. The predicted octanol–water partition coefficient (Wildman–Crippen LogP) is 1.57. The topological polar surface area (TPSA) is 97.1 Å². The van der Waals surface area contributed by atoms with Crippen molar-refractivity contribution in [2.24, 2.45) is 0 Å². The minimum absolute atomic E-state index is 0.0863. The normalized spacial score (nSPS) is 10.3. The average molecular weight is 288 g/mol. The summed E-state index contributed by atoms with van der Waals surface area (Å²) in [5.41, 5.74) is 1.73. The smallest absolute Gasteiger partial charge is 0.358 e. The first kappa shape index (κ1) is 14.7. The van der Waals surface area contributed by atoms with Crippen molar-refractivity contribution < 1.29 is 14.7 Å². The van der Waals surface area contributed by atoms with Gasteiger partial charge in [0.2, 0.25) is 5.91 Å². The summed E-state index contributed by atoms with van der Waals surface area (Å²) in [4.78, 5) is 22.5. The zero-order valence-corrected chi connectivity index (χ0v) is 11.6. The molecule has 1 amide bonds. The van der Waals surface area contributed by atoms with Gasteiger partial charge in [-0.3, -0.25) is 4.79 Å². The number of nitrogens with one attached hydrogen (secondary N) is 1. The van der Waals surface area contributed by atoms with Crippen molar-refractivity contribution in [3.05, 3.63) is 41.7 Å². The molecule has 2 N–H and O–H groups in total. The SMILES string of the molecule is CCCc1ccc(NC(=O)Cn2cc(C(=O)O)nn2)cc1. The largest absolute Gasteiger partial charge is 0.476 e. The second-order valence-electron chi connectivity index (χ2n) is 4.60. The molecule has 0 aliphatic heterocycles. The number of carboxylic acids is 1. The number of aromatic nitrogens is 3. The van der Waals surface area contributed by atoms with Gasteiger partial charge in [-0.15, -0.1) is 5.10 Å². The Morgan fingerprint density at radius 3 is 2.57 bits per heavy atom. The van der Waals surface area contributed by atoms with E-state index >= 15 is 0 Å². The number of carboxylic acid groups (broad SMARTS) is 1. The van der Waals surface area contributed by atoms with E-state index in [1.54, 1.807) is 0 Å². The second kappa shape index (κ2) is 6.65. The first-order valence-electron chi connectivity index (χ1n) is 6.60. The van der Waals surface area contributed by atoms with Gasteiger partial charge in [0.1, 0.15) is 6.54 Å². The highest BCUT2D eigenvalue weighted by Gasteiger charge is 2.10. The lowest BCUT2D eigenvalue weighted by Gasteiger charge is -2.06. The summed E-state index contributed by atoms with van der Waals surface area (Å²) in [5.74, 6) is -1.46. The van der Waals surface area contributed by atoms with E-state index in [1.165, 1.54) is 16.4 Å². The summed E-state index contributed by atoms with van der Waals surface area (Å²) in [6.07, 6.45) is 3.29. The van der Waals surface area contributed by atoms with E-state index in [2.05, 4.69) is 22.6 Å². The Labute approximate surface area is 121 Å². The van der Waals surface area contributed by atoms with Crippen LogP contribution in [0.4, 0.5) is 5.69 Å². The number of benzene rings is 1. The molecule has 0 aliphatic carbocycles. The van der Waals surface area contributed by atoms with Crippen LogP contribution in [-0.2, 0) is 17.8 Å². The van der Waals surface area contributed by atoms with Gasteiger partial charge in [-0.25, -0.2) is 9.48 Å². The standard InChI is InChI=1S/C14H16N4O3/c1-2-3-10-4-6-11(7-5-10)15-13(19)9-18-8-12(14(20)21)16-17-18/h4-8H,2-3,9H2,1H3,(H,15,19)(H,20,21). The number of aromatic carboxylic acids is 1. The number of nitrogens with zero attached hydrogens (tertiary/aromatic N) is 3. The Balaban J connectivity index is 1.92. The molecule has 0 bridgehead atoms. The number of amides is 1. The summed E-state index contributed by atoms with van der Waals surface area (Å²) in [7, 11) is 0. The Kier molecular flexibility index (Phi) is 4.65. The third kappa shape index (κ3) is 4.13. The number of carbonyl (C=O) groups excluding carboxylic acids is 1. The van der Waals surface area contributed by atoms with E-state index in [0.717, 1.165) is 12.8 Å². The van der Waals surface area contributed by atoms with E-state index in [4.69, 9.17) is 5.11 Å². The maximum absolute atomic E-state index is 11.8. The molecule has 0 radical (unpaired) electrons. The van der Waals surface area contributed by atoms with Gasteiger partial charge in [0.15, 0.2) is 5.69 Å². The number of aryl methyl sites for hydroxylation is 1. The first-order chi connectivity index (χ1) is 10.1. The van der Waals surface area contributed by atoms with Gasteiger partial charge in [0.05, 0.1) is 6.20 Å². The summed E-state index contributed by atoms with van der Waals surface area (Å²) < 4.78 is 1.18. The third-order valence-corrected chi connectivity index (χ3v) is 2.84. The van der Waals surface area contributed by atoms with Crippen LogP contribution in [-0.4, -0.2) is 32.0 Å². The molecule has 0 saturated heterocycles. The van der Waals surface area contributed by atoms with Crippen molar-refractivity contribution >= 4 is 17.6 Å². The van der Waals surface area contributed by atoms with Crippen LogP contribution in [0.2, 0.25) is 0 Å². The molecule has 1 aromatic heterocycles. The molecule has 21 heavy (non-hydrogen) atoms. The lowest BCUT2D eigenvalue weighted by Crippen LogP contribution is -2.19. The van der Waals surface area contributed by atoms with Crippen molar-refractivity contribution in [2.45, 2.75) is 26.3 Å². The van der Waals surface area contributed by atoms with Gasteiger partial charge in [-0.05, 0) is 24.1 Å².